The number of rotatable bonds is 6. The molecule has 0 fully saturated rings. The minimum absolute atomic E-state index is 0.0688. The van der Waals surface area contributed by atoms with Crippen molar-refractivity contribution in [2.75, 3.05) is 12.9 Å². The van der Waals surface area contributed by atoms with E-state index in [1.54, 1.807) is 0 Å². The van der Waals surface area contributed by atoms with Crippen molar-refractivity contribution in [1.82, 2.24) is 4.98 Å². The molecule has 2 aromatic rings. The molecule has 0 radical (unpaired) electrons. The molecule has 0 unspecified atom stereocenters. The van der Waals surface area contributed by atoms with E-state index < -0.39 is 10.1 Å². The Morgan fingerprint density at radius 3 is 2.48 bits per heavy atom. The van der Waals surface area contributed by atoms with Crippen LogP contribution in [0.3, 0.4) is 0 Å². The summed E-state index contributed by atoms with van der Waals surface area (Å²) in [4.78, 5) is 4.48. The van der Waals surface area contributed by atoms with Crippen LogP contribution in [0.4, 0.5) is 0 Å². The monoisotopic (exact) mass is 309 g/mol. The van der Waals surface area contributed by atoms with Crippen molar-refractivity contribution in [2.45, 2.75) is 26.2 Å². The van der Waals surface area contributed by atoms with Crippen LogP contribution in [-0.4, -0.2) is 26.3 Å². The molecular weight excluding hydrogens is 290 g/mol. The number of nitrogens with zero attached hydrogens (tertiary/aromatic N) is 1. The molecule has 0 aliphatic carbocycles. The molecule has 1 aromatic carbocycles. The second-order valence-electron chi connectivity index (χ2n) is 5.13. The largest absolute Gasteiger partial charge is 0.441 e. The first kappa shape index (κ1) is 15.7. The van der Waals surface area contributed by atoms with Crippen molar-refractivity contribution in [3.63, 3.8) is 0 Å². The van der Waals surface area contributed by atoms with Gasteiger partial charge in [0.1, 0.15) is 5.76 Å². The van der Waals surface area contributed by atoms with E-state index in [0.717, 1.165) is 23.3 Å². The fourth-order valence-electron chi connectivity index (χ4n) is 1.99. The molecule has 21 heavy (non-hydrogen) atoms. The molecule has 5 nitrogen and oxygen atoms in total. The zero-order valence-corrected chi connectivity index (χ0v) is 13.2. The van der Waals surface area contributed by atoms with Crippen LogP contribution < -0.4 is 0 Å². The summed E-state index contributed by atoms with van der Waals surface area (Å²) in [5.74, 6) is 1.49. The Morgan fingerprint density at radius 1 is 1.24 bits per heavy atom. The van der Waals surface area contributed by atoms with Gasteiger partial charge in [0.25, 0.3) is 10.1 Å². The molecule has 1 aromatic heterocycles. The average molecular weight is 309 g/mol. The summed E-state index contributed by atoms with van der Waals surface area (Å²) in [6, 6.07) is 9.61. The van der Waals surface area contributed by atoms with Crippen molar-refractivity contribution in [3.8, 4) is 11.5 Å². The Morgan fingerprint density at radius 2 is 1.90 bits per heavy atom. The molecule has 2 rings (SSSR count). The normalized spacial score (nSPS) is 12.0. The Bertz CT molecular complexity index is 690. The van der Waals surface area contributed by atoms with Crippen molar-refractivity contribution < 1.29 is 17.0 Å². The zero-order valence-electron chi connectivity index (χ0n) is 12.4. The maximum Gasteiger partial charge on any atom is 0.264 e. The third kappa shape index (κ3) is 4.41. The molecular formula is C15H19NO4S. The molecule has 0 spiro atoms. The minimum Gasteiger partial charge on any atom is -0.441 e. The third-order valence-corrected chi connectivity index (χ3v) is 3.50. The summed E-state index contributed by atoms with van der Waals surface area (Å²) in [5.41, 5.74) is 1.64. The van der Waals surface area contributed by atoms with Gasteiger partial charge in [-0.3, -0.25) is 4.18 Å². The second-order valence-corrected chi connectivity index (χ2v) is 6.77. The standard InChI is InChI=1S/C15H19NO4S/c1-11(2)14-13(9-10-19-21(3,17)18)16-15(20-14)12-7-5-4-6-8-12/h4-8,11H,9-10H2,1-3H3. The SMILES string of the molecule is CC(C)c1oc(-c2ccccc2)nc1CCOS(C)(=O)=O. The van der Waals surface area contributed by atoms with E-state index in [0.29, 0.717) is 12.3 Å². The van der Waals surface area contributed by atoms with Gasteiger partial charge in [0, 0.05) is 17.9 Å². The summed E-state index contributed by atoms with van der Waals surface area (Å²) in [5, 5.41) is 0. The summed E-state index contributed by atoms with van der Waals surface area (Å²) in [6.45, 7) is 4.09. The Hall–Kier alpha value is -1.66. The predicted octanol–water partition coefficient (Wildman–Crippen LogP) is 2.98. The molecule has 6 heteroatoms. The fourth-order valence-corrected chi connectivity index (χ4v) is 2.37. The van der Waals surface area contributed by atoms with Gasteiger partial charge < -0.3 is 4.42 Å². The number of oxazole rings is 1. The lowest BCUT2D eigenvalue weighted by atomic mass is 10.1. The summed E-state index contributed by atoms with van der Waals surface area (Å²) in [7, 11) is -3.43. The van der Waals surface area contributed by atoms with Crippen LogP contribution >= 0.6 is 0 Å². The molecule has 0 saturated carbocycles. The molecule has 0 N–H and O–H groups in total. The van der Waals surface area contributed by atoms with Crippen molar-refractivity contribution in [1.29, 1.82) is 0 Å². The summed E-state index contributed by atoms with van der Waals surface area (Å²) >= 11 is 0. The van der Waals surface area contributed by atoms with E-state index in [4.69, 9.17) is 8.60 Å². The van der Waals surface area contributed by atoms with Gasteiger partial charge in [-0.1, -0.05) is 32.0 Å². The topological polar surface area (TPSA) is 69.4 Å². The summed E-state index contributed by atoms with van der Waals surface area (Å²) in [6.07, 6.45) is 1.44. The number of hydrogen-bond acceptors (Lipinski definition) is 5. The van der Waals surface area contributed by atoms with Gasteiger partial charge in [0.2, 0.25) is 5.89 Å². The van der Waals surface area contributed by atoms with Crippen LogP contribution in [-0.2, 0) is 20.7 Å². The molecule has 0 amide bonds. The van der Waals surface area contributed by atoms with E-state index in [1.165, 1.54) is 0 Å². The molecule has 0 atom stereocenters. The molecule has 0 aliphatic rings. The molecule has 1 heterocycles. The van der Waals surface area contributed by atoms with Crippen molar-refractivity contribution in [2.24, 2.45) is 0 Å². The lowest BCUT2D eigenvalue weighted by molar-refractivity contribution is 0.323. The fraction of sp³-hybridized carbons (Fsp3) is 0.400. The van der Waals surface area contributed by atoms with E-state index in [2.05, 4.69) is 4.98 Å². The Balaban J connectivity index is 2.22. The number of aromatic nitrogens is 1. The van der Waals surface area contributed by atoms with Gasteiger partial charge in [-0.05, 0) is 12.1 Å². The Labute approximate surface area is 125 Å². The molecule has 0 bridgehead atoms. The van der Waals surface area contributed by atoms with E-state index in [1.807, 2.05) is 44.2 Å². The highest BCUT2D eigenvalue weighted by Gasteiger charge is 2.17. The van der Waals surface area contributed by atoms with E-state index in [9.17, 15) is 8.42 Å². The van der Waals surface area contributed by atoms with E-state index >= 15 is 0 Å². The highest BCUT2D eigenvalue weighted by molar-refractivity contribution is 7.85. The second kappa shape index (κ2) is 6.41. The van der Waals surface area contributed by atoms with Crippen LogP contribution in [0, 0.1) is 0 Å². The van der Waals surface area contributed by atoms with Crippen molar-refractivity contribution >= 4 is 10.1 Å². The van der Waals surface area contributed by atoms with Crippen LogP contribution in [0.25, 0.3) is 11.5 Å². The van der Waals surface area contributed by atoms with Gasteiger partial charge in [0.15, 0.2) is 0 Å². The third-order valence-electron chi connectivity index (χ3n) is 2.91. The highest BCUT2D eigenvalue weighted by atomic mass is 32.2. The van der Waals surface area contributed by atoms with Crippen LogP contribution in [0.2, 0.25) is 0 Å². The first-order valence-corrected chi connectivity index (χ1v) is 8.58. The smallest absolute Gasteiger partial charge is 0.264 e. The van der Waals surface area contributed by atoms with Gasteiger partial charge in [-0.2, -0.15) is 8.42 Å². The summed E-state index contributed by atoms with van der Waals surface area (Å²) < 4.78 is 32.6. The zero-order chi connectivity index (χ0) is 15.5. The number of benzene rings is 1. The molecule has 114 valence electrons. The molecule has 0 saturated heterocycles. The predicted molar refractivity (Wildman–Crippen MR) is 80.5 cm³/mol. The highest BCUT2D eigenvalue weighted by Crippen LogP contribution is 2.27. The van der Waals surface area contributed by atoms with Gasteiger partial charge in [-0.25, -0.2) is 4.98 Å². The maximum absolute atomic E-state index is 11.0. The van der Waals surface area contributed by atoms with E-state index in [-0.39, 0.29) is 12.5 Å². The van der Waals surface area contributed by atoms with Crippen LogP contribution in [0.5, 0.6) is 0 Å². The molecule has 0 aliphatic heterocycles. The lowest BCUT2D eigenvalue weighted by Gasteiger charge is -2.03. The van der Waals surface area contributed by atoms with Gasteiger partial charge in [-0.15, -0.1) is 0 Å². The lowest BCUT2D eigenvalue weighted by Crippen LogP contribution is -2.07. The van der Waals surface area contributed by atoms with Crippen LogP contribution in [0.1, 0.15) is 31.2 Å². The maximum atomic E-state index is 11.0. The first-order chi connectivity index (χ1) is 9.87. The first-order valence-electron chi connectivity index (χ1n) is 6.76. The minimum atomic E-state index is -3.43. The Kier molecular flexibility index (Phi) is 4.80. The van der Waals surface area contributed by atoms with Crippen molar-refractivity contribution in [3.05, 3.63) is 41.8 Å². The van der Waals surface area contributed by atoms with Crippen LogP contribution in [0.15, 0.2) is 34.7 Å². The number of hydrogen-bond donors (Lipinski definition) is 0. The average Bonchev–Trinajstić information content (AvgIpc) is 2.83. The van der Waals surface area contributed by atoms with Gasteiger partial charge in [0.05, 0.1) is 18.6 Å². The quantitative estimate of drug-likeness (QED) is 0.767. The van der Waals surface area contributed by atoms with Gasteiger partial charge >= 0.3 is 0 Å².